The van der Waals surface area contributed by atoms with Crippen molar-refractivity contribution in [2.24, 2.45) is 0 Å². The minimum Gasteiger partial charge on any atom is -0.424 e. The van der Waals surface area contributed by atoms with Crippen molar-refractivity contribution in [2.45, 2.75) is 20.8 Å². The maximum Gasteiger partial charge on any atom is 0.322 e. The molecule has 0 radical (unpaired) electrons. The molecule has 1 heterocycles. The Morgan fingerprint density at radius 1 is 1.11 bits per heavy atom. The van der Waals surface area contributed by atoms with Crippen molar-refractivity contribution in [3.63, 3.8) is 0 Å². The Kier molecular flexibility index (Phi) is 5.51. The molecule has 0 fully saturated rings. The minimum absolute atomic E-state index is 0.111. The molecule has 18 heavy (non-hydrogen) atoms. The summed E-state index contributed by atoms with van der Waals surface area (Å²) in [6.07, 6.45) is 1.50. The number of ether oxygens (including phenoxy) is 1. The Labute approximate surface area is 107 Å². The zero-order valence-electron chi connectivity index (χ0n) is 10.8. The van der Waals surface area contributed by atoms with E-state index in [1.54, 1.807) is 18.2 Å². The SMILES string of the molecule is CC.CC(=O)c1ccnc(Oc2ccccc2)n1. The number of para-hydroxylation sites is 1. The minimum atomic E-state index is -0.111. The largest absolute Gasteiger partial charge is 0.424 e. The number of hydrogen-bond donors (Lipinski definition) is 0. The van der Waals surface area contributed by atoms with Crippen molar-refractivity contribution < 1.29 is 9.53 Å². The van der Waals surface area contributed by atoms with Gasteiger partial charge >= 0.3 is 6.01 Å². The molecule has 2 rings (SSSR count). The van der Waals surface area contributed by atoms with Gasteiger partial charge in [-0.05, 0) is 18.2 Å². The van der Waals surface area contributed by atoms with E-state index in [4.69, 9.17) is 4.74 Å². The highest BCUT2D eigenvalue weighted by Crippen LogP contribution is 2.16. The van der Waals surface area contributed by atoms with Gasteiger partial charge in [0.2, 0.25) is 0 Å². The molecule has 0 amide bonds. The molecule has 94 valence electrons. The number of benzene rings is 1. The van der Waals surface area contributed by atoms with Crippen LogP contribution in [0, 0.1) is 0 Å². The Morgan fingerprint density at radius 2 is 1.78 bits per heavy atom. The normalized spacial score (nSPS) is 9.06. The molecule has 0 aliphatic rings. The number of rotatable bonds is 3. The monoisotopic (exact) mass is 244 g/mol. The van der Waals surface area contributed by atoms with Crippen molar-refractivity contribution in [1.29, 1.82) is 0 Å². The third-order valence-electron chi connectivity index (χ3n) is 1.95. The highest BCUT2D eigenvalue weighted by molar-refractivity contribution is 5.91. The van der Waals surface area contributed by atoms with E-state index in [0.29, 0.717) is 11.4 Å². The smallest absolute Gasteiger partial charge is 0.322 e. The molecular weight excluding hydrogens is 228 g/mol. The number of carbonyl (C=O) groups excluding carboxylic acids is 1. The number of nitrogens with zero attached hydrogens (tertiary/aromatic N) is 2. The van der Waals surface area contributed by atoms with E-state index in [1.807, 2.05) is 32.0 Å². The fourth-order valence-corrected chi connectivity index (χ4v) is 1.18. The van der Waals surface area contributed by atoms with E-state index >= 15 is 0 Å². The van der Waals surface area contributed by atoms with Gasteiger partial charge in [0, 0.05) is 13.1 Å². The number of aromatic nitrogens is 2. The fourth-order valence-electron chi connectivity index (χ4n) is 1.18. The summed E-state index contributed by atoms with van der Waals surface area (Å²) in [6, 6.07) is 10.9. The summed E-state index contributed by atoms with van der Waals surface area (Å²) in [7, 11) is 0. The molecule has 0 aliphatic heterocycles. The predicted molar refractivity (Wildman–Crippen MR) is 69.9 cm³/mol. The van der Waals surface area contributed by atoms with Crippen LogP contribution in [0.2, 0.25) is 0 Å². The lowest BCUT2D eigenvalue weighted by Crippen LogP contribution is -1.99. The molecular formula is C14H16N2O2. The Bertz CT molecular complexity index is 498. The Balaban J connectivity index is 0.000000771. The van der Waals surface area contributed by atoms with E-state index in [9.17, 15) is 4.79 Å². The maximum atomic E-state index is 11.1. The molecule has 0 atom stereocenters. The van der Waals surface area contributed by atoms with E-state index < -0.39 is 0 Å². The van der Waals surface area contributed by atoms with Gasteiger partial charge in [0.05, 0.1) is 0 Å². The molecule has 0 unspecified atom stereocenters. The first-order valence-corrected chi connectivity index (χ1v) is 5.82. The first kappa shape index (κ1) is 13.8. The molecule has 0 spiro atoms. The van der Waals surface area contributed by atoms with E-state index in [0.717, 1.165) is 0 Å². The van der Waals surface area contributed by atoms with Crippen molar-refractivity contribution >= 4 is 5.78 Å². The molecule has 4 nitrogen and oxygen atoms in total. The average Bonchev–Trinajstić information content (AvgIpc) is 2.42. The molecule has 2 aromatic rings. The van der Waals surface area contributed by atoms with Gasteiger partial charge in [0.25, 0.3) is 0 Å². The van der Waals surface area contributed by atoms with Crippen LogP contribution in [0.25, 0.3) is 0 Å². The van der Waals surface area contributed by atoms with Crippen LogP contribution in [0.1, 0.15) is 31.3 Å². The lowest BCUT2D eigenvalue weighted by Gasteiger charge is -2.03. The molecule has 1 aromatic carbocycles. The standard InChI is InChI=1S/C12H10N2O2.C2H6/c1-9(15)11-7-8-13-12(14-11)16-10-5-3-2-4-6-10;1-2/h2-8H,1H3;1-2H3. The second-order valence-electron chi connectivity index (χ2n) is 3.20. The van der Waals surface area contributed by atoms with Crippen LogP contribution in [-0.2, 0) is 0 Å². The van der Waals surface area contributed by atoms with E-state index in [-0.39, 0.29) is 11.8 Å². The first-order valence-electron chi connectivity index (χ1n) is 5.82. The zero-order valence-corrected chi connectivity index (χ0v) is 10.8. The molecule has 0 saturated carbocycles. The van der Waals surface area contributed by atoms with E-state index in [2.05, 4.69) is 9.97 Å². The van der Waals surface area contributed by atoms with Gasteiger partial charge in [-0.3, -0.25) is 4.79 Å². The number of carbonyl (C=O) groups is 1. The van der Waals surface area contributed by atoms with Crippen molar-refractivity contribution in [3.8, 4) is 11.8 Å². The topological polar surface area (TPSA) is 52.1 Å². The molecule has 0 aliphatic carbocycles. The van der Waals surface area contributed by atoms with Crippen molar-refractivity contribution in [3.05, 3.63) is 48.3 Å². The van der Waals surface area contributed by atoms with Crippen LogP contribution in [0.5, 0.6) is 11.8 Å². The zero-order chi connectivity index (χ0) is 13.4. The summed E-state index contributed by atoms with van der Waals surface area (Å²) in [6.45, 7) is 5.45. The second kappa shape index (κ2) is 7.17. The van der Waals surface area contributed by atoms with Crippen LogP contribution in [0.4, 0.5) is 0 Å². The van der Waals surface area contributed by atoms with Crippen molar-refractivity contribution in [2.75, 3.05) is 0 Å². The van der Waals surface area contributed by atoms with Gasteiger partial charge in [0.15, 0.2) is 5.78 Å². The van der Waals surface area contributed by atoms with Gasteiger partial charge < -0.3 is 4.74 Å². The van der Waals surface area contributed by atoms with Gasteiger partial charge in [-0.1, -0.05) is 32.0 Å². The van der Waals surface area contributed by atoms with Gasteiger partial charge in [0.1, 0.15) is 11.4 Å². The average molecular weight is 244 g/mol. The lowest BCUT2D eigenvalue weighted by atomic mass is 10.3. The van der Waals surface area contributed by atoms with Crippen molar-refractivity contribution in [1.82, 2.24) is 9.97 Å². The molecule has 1 aromatic heterocycles. The van der Waals surface area contributed by atoms with Crippen LogP contribution >= 0.6 is 0 Å². The second-order valence-corrected chi connectivity index (χ2v) is 3.20. The molecule has 4 heteroatoms. The van der Waals surface area contributed by atoms with Gasteiger partial charge in [-0.15, -0.1) is 0 Å². The lowest BCUT2D eigenvalue weighted by molar-refractivity contribution is 0.101. The summed E-state index contributed by atoms with van der Waals surface area (Å²) in [5.41, 5.74) is 0.348. The number of hydrogen-bond acceptors (Lipinski definition) is 4. The third kappa shape index (κ3) is 3.97. The summed E-state index contributed by atoms with van der Waals surface area (Å²) in [4.78, 5) is 19.0. The summed E-state index contributed by atoms with van der Waals surface area (Å²) < 4.78 is 5.39. The first-order chi connectivity index (χ1) is 8.75. The number of Topliss-reactive ketones (excluding diaryl/α,β-unsaturated/α-hetero) is 1. The maximum absolute atomic E-state index is 11.1. The van der Waals surface area contributed by atoms with Crippen LogP contribution < -0.4 is 4.74 Å². The molecule has 0 saturated heterocycles. The molecule has 0 N–H and O–H groups in total. The van der Waals surface area contributed by atoms with Crippen LogP contribution in [-0.4, -0.2) is 15.8 Å². The highest BCUT2D eigenvalue weighted by Gasteiger charge is 2.04. The fraction of sp³-hybridized carbons (Fsp3) is 0.214. The van der Waals surface area contributed by atoms with Gasteiger partial charge in [-0.25, -0.2) is 4.98 Å². The Morgan fingerprint density at radius 3 is 2.39 bits per heavy atom. The molecule has 0 bridgehead atoms. The third-order valence-corrected chi connectivity index (χ3v) is 1.95. The number of ketones is 1. The van der Waals surface area contributed by atoms with Crippen LogP contribution in [0.15, 0.2) is 42.6 Å². The summed E-state index contributed by atoms with van der Waals surface area (Å²) >= 11 is 0. The summed E-state index contributed by atoms with van der Waals surface area (Å²) in [5.74, 6) is 0.531. The Hall–Kier alpha value is -2.23. The highest BCUT2D eigenvalue weighted by atomic mass is 16.5. The predicted octanol–water partition coefficient (Wildman–Crippen LogP) is 3.50. The summed E-state index contributed by atoms with van der Waals surface area (Å²) in [5, 5.41) is 0. The van der Waals surface area contributed by atoms with E-state index in [1.165, 1.54) is 13.1 Å². The van der Waals surface area contributed by atoms with Gasteiger partial charge in [-0.2, -0.15) is 4.98 Å². The van der Waals surface area contributed by atoms with Crippen LogP contribution in [0.3, 0.4) is 0 Å². The quantitative estimate of drug-likeness (QED) is 0.775.